The molecule has 1 saturated heterocycles. The van der Waals surface area contributed by atoms with Gasteiger partial charge in [-0.2, -0.15) is 0 Å². The molecule has 0 spiro atoms. The molecule has 0 unspecified atom stereocenters. The summed E-state index contributed by atoms with van der Waals surface area (Å²) >= 11 is 0. The second kappa shape index (κ2) is 6.25. The van der Waals surface area contributed by atoms with E-state index in [2.05, 4.69) is 4.90 Å². The lowest BCUT2D eigenvalue weighted by Gasteiger charge is -2.38. The van der Waals surface area contributed by atoms with Gasteiger partial charge in [-0.05, 0) is 19.9 Å². The molecule has 6 heteroatoms. The third-order valence-electron chi connectivity index (χ3n) is 3.69. The van der Waals surface area contributed by atoms with Crippen molar-refractivity contribution in [1.82, 2.24) is 4.90 Å². The third kappa shape index (κ3) is 3.90. The van der Waals surface area contributed by atoms with Crippen molar-refractivity contribution < 1.29 is 13.9 Å². The number of anilines is 1. The Hall–Kier alpha value is -1.24. The Kier molecular flexibility index (Phi) is 4.81. The number of rotatable bonds is 4. The molecule has 0 bridgehead atoms. The van der Waals surface area contributed by atoms with Crippen LogP contribution in [0.5, 0.6) is 0 Å². The molecule has 0 radical (unpaired) electrons. The molecular formula is C15H23F2N3O. The van der Waals surface area contributed by atoms with Crippen LogP contribution in [0.15, 0.2) is 12.1 Å². The molecule has 1 aliphatic rings. The van der Waals surface area contributed by atoms with Crippen molar-refractivity contribution in [2.24, 2.45) is 5.73 Å². The highest BCUT2D eigenvalue weighted by molar-refractivity contribution is 5.50. The molecule has 0 aromatic heterocycles. The Morgan fingerprint density at radius 3 is 2.29 bits per heavy atom. The quantitative estimate of drug-likeness (QED) is 0.880. The minimum Gasteiger partial charge on any atom is -0.389 e. The van der Waals surface area contributed by atoms with Crippen LogP contribution in [0.1, 0.15) is 19.4 Å². The summed E-state index contributed by atoms with van der Waals surface area (Å²) in [5.41, 5.74) is 5.10. The van der Waals surface area contributed by atoms with Crippen molar-refractivity contribution in [3.8, 4) is 0 Å². The molecule has 0 aliphatic carbocycles. The minimum atomic E-state index is -0.853. The summed E-state index contributed by atoms with van der Waals surface area (Å²) in [6, 6.07) is 3.13. The van der Waals surface area contributed by atoms with Crippen molar-refractivity contribution in [2.45, 2.75) is 26.0 Å². The SMILES string of the molecule is CC(C)(O)CN1CCN(c2ccc(CN)c(F)c2F)CC1. The van der Waals surface area contributed by atoms with Crippen molar-refractivity contribution >= 4 is 5.69 Å². The molecule has 0 amide bonds. The average Bonchev–Trinajstić information content (AvgIpc) is 2.41. The van der Waals surface area contributed by atoms with Crippen LogP contribution in [0.2, 0.25) is 0 Å². The number of halogens is 2. The van der Waals surface area contributed by atoms with Crippen LogP contribution in [-0.2, 0) is 6.54 Å². The van der Waals surface area contributed by atoms with E-state index in [1.807, 2.05) is 4.90 Å². The van der Waals surface area contributed by atoms with Crippen molar-refractivity contribution in [2.75, 3.05) is 37.6 Å². The first kappa shape index (κ1) is 16.1. The highest BCUT2D eigenvalue weighted by Crippen LogP contribution is 2.25. The largest absolute Gasteiger partial charge is 0.389 e. The fourth-order valence-corrected chi connectivity index (χ4v) is 2.68. The van der Waals surface area contributed by atoms with Gasteiger partial charge in [0.15, 0.2) is 11.6 Å². The smallest absolute Gasteiger partial charge is 0.182 e. The number of hydrogen-bond acceptors (Lipinski definition) is 4. The van der Waals surface area contributed by atoms with Gasteiger partial charge in [-0.1, -0.05) is 6.07 Å². The summed E-state index contributed by atoms with van der Waals surface area (Å²) in [5, 5.41) is 9.81. The molecule has 21 heavy (non-hydrogen) atoms. The van der Waals surface area contributed by atoms with Gasteiger partial charge in [-0.25, -0.2) is 8.78 Å². The number of aliphatic hydroxyl groups is 1. The number of benzene rings is 1. The predicted molar refractivity (Wildman–Crippen MR) is 79.2 cm³/mol. The zero-order valence-electron chi connectivity index (χ0n) is 12.6. The van der Waals surface area contributed by atoms with Gasteiger partial charge < -0.3 is 15.7 Å². The van der Waals surface area contributed by atoms with Gasteiger partial charge in [0.2, 0.25) is 0 Å². The summed E-state index contributed by atoms with van der Waals surface area (Å²) in [6.07, 6.45) is 0. The Bertz CT molecular complexity index is 494. The first-order valence-corrected chi connectivity index (χ1v) is 7.18. The van der Waals surface area contributed by atoms with E-state index >= 15 is 0 Å². The normalized spacial score (nSPS) is 17.3. The van der Waals surface area contributed by atoms with Gasteiger partial charge in [0.1, 0.15) is 0 Å². The maximum absolute atomic E-state index is 14.1. The lowest BCUT2D eigenvalue weighted by molar-refractivity contribution is 0.0344. The number of piperazine rings is 1. The number of nitrogens with two attached hydrogens (primary N) is 1. The van der Waals surface area contributed by atoms with Crippen LogP contribution in [0, 0.1) is 11.6 Å². The van der Waals surface area contributed by atoms with Crippen LogP contribution in [-0.4, -0.2) is 48.3 Å². The number of hydrogen-bond donors (Lipinski definition) is 2. The lowest BCUT2D eigenvalue weighted by Crippen LogP contribution is -2.50. The summed E-state index contributed by atoms with van der Waals surface area (Å²) in [6.45, 7) is 6.72. The molecule has 3 N–H and O–H groups in total. The molecule has 118 valence electrons. The maximum atomic E-state index is 14.1. The fourth-order valence-electron chi connectivity index (χ4n) is 2.68. The summed E-state index contributed by atoms with van der Waals surface area (Å²) in [5.74, 6) is -1.68. The molecular weight excluding hydrogens is 276 g/mol. The molecule has 1 fully saturated rings. The van der Waals surface area contributed by atoms with E-state index < -0.39 is 17.2 Å². The second-order valence-electron chi connectivity index (χ2n) is 6.15. The summed E-state index contributed by atoms with van der Waals surface area (Å²) in [4.78, 5) is 3.96. The monoisotopic (exact) mass is 299 g/mol. The maximum Gasteiger partial charge on any atom is 0.182 e. The molecule has 2 rings (SSSR count). The van der Waals surface area contributed by atoms with E-state index in [1.165, 1.54) is 6.07 Å². The molecule has 1 heterocycles. The minimum absolute atomic E-state index is 0.0115. The van der Waals surface area contributed by atoms with E-state index in [4.69, 9.17) is 5.73 Å². The molecule has 1 aliphatic heterocycles. The first-order chi connectivity index (χ1) is 9.81. The number of β-amino-alcohol motifs (C(OH)–C–C–N with tert-alkyl or cyclic N) is 1. The van der Waals surface area contributed by atoms with Gasteiger partial charge in [-0.15, -0.1) is 0 Å². The van der Waals surface area contributed by atoms with E-state index in [-0.39, 0.29) is 17.8 Å². The molecule has 0 atom stereocenters. The van der Waals surface area contributed by atoms with Gasteiger partial charge in [0, 0.05) is 44.8 Å². The highest BCUT2D eigenvalue weighted by Gasteiger charge is 2.25. The zero-order valence-corrected chi connectivity index (χ0v) is 12.6. The van der Waals surface area contributed by atoms with Crippen molar-refractivity contribution in [3.05, 3.63) is 29.3 Å². The van der Waals surface area contributed by atoms with Crippen molar-refractivity contribution in [1.29, 1.82) is 0 Å². The second-order valence-corrected chi connectivity index (χ2v) is 6.15. The molecule has 1 aromatic carbocycles. The van der Waals surface area contributed by atoms with Crippen LogP contribution in [0.25, 0.3) is 0 Å². The summed E-state index contributed by atoms with van der Waals surface area (Å²) in [7, 11) is 0. The third-order valence-corrected chi connectivity index (χ3v) is 3.69. The number of nitrogens with zero attached hydrogens (tertiary/aromatic N) is 2. The van der Waals surface area contributed by atoms with Crippen LogP contribution < -0.4 is 10.6 Å². The zero-order chi connectivity index (χ0) is 15.6. The topological polar surface area (TPSA) is 52.7 Å². The van der Waals surface area contributed by atoms with Gasteiger partial charge in [0.05, 0.1) is 11.3 Å². The Morgan fingerprint density at radius 1 is 1.14 bits per heavy atom. The van der Waals surface area contributed by atoms with Gasteiger partial charge in [-0.3, -0.25) is 4.90 Å². The Morgan fingerprint density at radius 2 is 1.76 bits per heavy atom. The van der Waals surface area contributed by atoms with Gasteiger partial charge >= 0.3 is 0 Å². The van der Waals surface area contributed by atoms with Crippen LogP contribution >= 0.6 is 0 Å². The van der Waals surface area contributed by atoms with E-state index in [1.54, 1.807) is 19.9 Å². The Labute approximate surface area is 124 Å². The molecule has 1 aromatic rings. The molecule has 0 saturated carbocycles. The van der Waals surface area contributed by atoms with E-state index in [0.29, 0.717) is 32.7 Å². The standard InChI is InChI=1S/C15H23F2N3O/c1-15(2,21)10-19-5-7-20(8-6-19)12-4-3-11(9-18)13(16)14(12)17/h3-4,21H,5-10,18H2,1-2H3. The first-order valence-electron chi connectivity index (χ1n) is 7.18. The average molecular weight is 299 g/mol. The lowest BCUT2D eigenvalue weighted by atomic mass is 10.1. The van der Waals surface area contributed by atoms with Gasteiger partial charge in [0.25, 0.3) is 0 Å². The van der Waals surface area contributed by atoms with E-state index in [0.717, 1.165) is 0 Å². The van der Waals surface area contributed by atoms with E-state index in [9.17, 15) is 13.9 Å². The molecule has 4 nitrogen and oxygen atoms in total. The highest BCUT2D eigenvalue weighted by atomic mass is 19.2. The summed E-state index contributed by atoms with van der Waals surface area (Å²) < 4.78 is 27.9. The fraction of sp³-hybridized carbons (Fsp3) is 0.600. The van der Waals surface area contributed by atoms with Crippen molar-refractivity contribution in [3.63, 3.8) is 0 Å². The van der Waals surface area contributed by atoms with Crippen LogP contribution in [0.3, 0.4) is 0 Å². The Balaban J connectivity index is 2.04. The predicted octanol–water partition coefficient (Wildman–Crippen LogP) is 1.32. The van der Waals surface area contributed by atoms with Crippen LogP contribution in [0.4, 0.5) is 14.5 Å².